The van der Waals surface area contributed by atoms with Crippen molar-refractivity contribution in [1.29, 1.82) is 0 Å². The van der Waals surface area contributed by atoms with Gasteiger partial charge in [-0.05, 0) is 60.6 Å². The van der Waals surface area contributed by atoms with Gasteiger partial charge in [-0.15, -0.1) is 11.3 Å². The molecular weight excluding hydrogens is 905 g/mol. The molecule has 3 aromatic carbocycles. The minimum absolute atomic E-state index is 0.106. The number of fused-ring (bicyclic) bond motifs is 2. The Morgan fingerprint density at radius 3 is 1.87 bits per heavy atom. The average Bonchev–Trinajstić information content (AvgIpc) is 4.08. The van der Waals surface area contributed by atoms with Gasteiger partial charge in [0.1, 0.15) is 36.2 Å². The number of carbonyl (C=O) groups is 7. The number of hydrogen-bond acceptors (Lipinski definition) is 18. The van der Waals surface area contributed by atoms with Gasteiger partial charge in [0.05, 0.1) is 35.1 Å². The summed E-state index contributed by atoms with van der Waals surface area (Å²) in [7, 11) is 0. The lowest BCUT2D eigenvalue weighted by molar-refractivity contribution is -0.263. The maximum atomic E-state index is 14.4. The van der Waals surface area contributed by atoms with Gasteiger partial charge in [0.2, 0.25) is 0 Å². The largest absolute Gasteiger partial charge is 0.457 e. The number of carbonyl (C=O) groups excluding carboxylic acids is 7. The Bertz CT molecular complexity index is 2710. The lowest BCUT2D eigenvalue weighted by atomic mass is 9.97. The van der Waals surface area contributed by atoms with Crippen molar-refractivity contribution < 1.29 is 71.7 Å². The van der Waals surface area contributed by atoms with Crippen molar-refractivity contribution >= 4 is 58.5 Å². The van der Waals surface area contributed by atoms with Gasteiger partial charge in [0, 0.05) is 22.9 Å². The highest BCUT2D eigenvalue weighted by atomic mass is 32.1. The van der Waals surface area contributed by atoms with Crippen molar-refractivity contribution in [2.75, 3.05) is 19.8 Å². The maximum absolute atomic E-state index is 14.4. The van der Waals surface area contributed by atoms with Gasteiger partial charge >= 0.3 is 29.4 Å². The van der Waals surface area contributed by atoms with Crippen LogP contribution in [0.25, 0.3) is 0 Å². The molecular formula is C48H46N4O15S. The maximum Gasteiger partial charge on any atom is 0.375 e. The lowest BCUT2D eigenvalue weighted by Crippen LogP contribution is -2.59. The third kappa shape index (κ3) is 8.04. The molecule has 68 heavy (non-hydrogen) atoms. The summed E-state index contributed by atoms with van der Waals surface area (Å²) in [6.45, 7) is 10.5. The minimum atomic E-state index is -2.66. The van der Waals surface area contributed by atoms with E-state index in [0.717, 1.165) is 0 Å². The van der Waals surface area contributed by atoms with Crippen LogP contribution in [0.5, 0.6) is 11.5 Å². The van der Waals surface area contributed by atoms with Crippen molar-refractivity contribution in [3.8, 4) is 11.5 Å². The van der Waals surface area contributed by atoms with Gasteiger partial charge in [-0.25, -0.2) is 19.4 Å². The van der Waals surface area contributed by atoms with Crippen molar-refractivity contribution in [2.24, 2.45) is 11.1 Å². The average molecular weight is 951 g/mol. The first-order valence-electron chi connectivity index (χ1n) is 21.6. The van der Waals surface area contributed by atoms with E-state index in [1.165, 1.54) is 23.5 Å². The van der Waals surface area contributed by atoms with Crippen LogP contribution in [0.3, 0.4) is 0 Å². The normalized spacial score (nSPS) is 22.7. The molecule has 4 aromatic rings. The summed E-state index contributed by atoms with van der Waals surface area (Å²) in [4.78, 5) is 115. The molecule has 0 N–H and O–H groups in total. The van der Waals surface area contributed by atoms with Gasteiger partial charge in [0.25, 0.3) is 23.3 Å². The number of aryl methyl sites for hydroxylation is 1. The lowest BCUT2D eigenvalue weighted by Gasteiger charge is -2.37. The van der Waals surface area contributed by atoms with Crippen LogP contribution in [0.15, 0.2) is 83.3 Å². The van der Waals surface area contributed by atoms with Crippen LogP contribution in [-0.4, -0.2) is 110 Å². The number of esters is 3. The Hall–Kier alpha value is -7.03. The molecule has 1 aromatic heterocycles. The number of hydrogen-bond donors (Lipinski definition) is 0. The van der Waals surface area contributed by atoms with E-state index in [-0.39, 0.29) is 47.2 Å². The number of amides is 3. The topological polar surface area (TPSA) is 225 Å². The number of Topliss-reactive ketones (excluding diaryl/α,β-unsaturated/α-hetero) is 1. The first-order valence-corrected chi connectivity index (χ1v) is 22.5. The van der Waals surface area contributed by atoms with E-state index in [1.54, 1.807) is 53.8 Å². The number of hydroxylamine groups is 2. The van der Waals surface area contributed by atoms with Gasteiger partial charge < -0.3 is 33.3 Å². The Morgan fingerprint density at radius 1 is 0.809 bits per heavy atom. The summed E-state index contributed by atoms with van der Waals surface area (Å²) in [5.41, 5.74) is -5.51. The standard InChI is InChI=1S/C48H46N4O15S/c1-26-49-32(23-68-26)37(50-67-46(24-60-25-46)42(58)65-44(2,3)4)34(53)18-27-22-61-52(38(27)54)47(43(59)66-45(5,6)7)21-33(41(57)64-47)51-39(55)30-19-35-36(20-31(30)40(51)56)63-48(62-35,28-14-10-8-11-15-28)29-16-12-9-13-17-29/h8-17,19-20,23,27,33H,18,21-22,24-25H2,1-7H3/b50-37-/t27-,33-,47?/m0/s1. The molecule has 3 saturated heterocycles. The summed E-state index contributed by atoms with van der Waals surface area (Å²) < 4.78 is 35.2. The first-order chi connectivity index (χ1) is 32.1. The summed E-state index contributed by atoms with van der Waals surface area (Å²) in [5, 5.41) is 6.74. The van der Waals surface area contributed by atoms with E-state index in [1.807, 2.05) is 60.7 Å². The molecule has 5 aliphatic rings. The number of aromatic nitrogens is 1. The third-order valence-electron chi connectivity index (χ3n) is 11.4. The molecule has 9 rings (SSSR count). The van der Waals surface area contributed by atoms with Crippen molar-refractivity contribution in [3.63, 3.8) is 0 Å². The summed E-state index contributed by atoms with van der Waals surface area (Å²) in [6.07, 6.45) is -1.36. The summed E-state index contributed by atoms with van der Waals surface area (Å²) in [5.74, 6) is -9.17. The zero-order chi connectivity index (χ0) is 48.6. The molecule has 3 fully saturated rings. The summed E-state index contributed by atoms with van der Waals surface area (Å²) in [6, 6.07) is 19.2. The molecule has 3 atom stereocenters. The third-order valence-corrected chi connectivity index (χ3v) is 12.2. The highest BCUT2D eigenvalue weighted by Gasteiger charge is 2.66. The van der Waals surface area contributed by atoms with E-state index in [4.69, 9.17) is 38.1 Å². The molecule has 19 nitrogen and oxygen atoms in total. The number of benzene rings is 3. The van der Waals surface area contributed by atoms with Gasteiger partial charge in [-0.3, -0.25) is 28.9 Å². The fourth-order valence-corrected chi connectivity index (χ4v) is 8.79. The molecule has 3 amide bonds. The zero-order valence-electron chi connectivity index (χ0n) is 38.0. The van der Waals surface area contributed by atoms with Crippen LogP contribution in [0.4, 0.5) is 0 Å². The number of oxime groups is 1. The molecule has 354 valence electrons. The van der Waals surface area contributed by atoms with Crippen molar-refractivity contribution in [3.05, 3.63) is 111 Å². The first kappa shape index (κ1) is 46.1. The minimum Gasteiger partial charge on any atom is -0.457 e. The molecule has 6 heterocycles. The number of cyclic esters (lactones) is 1. The van der Waals surface area contributed by atoms with Gasteiger partial charge in [-0.1, -0.05) is 65.8 Å². The quantitative estimate of drug-likeness (QED) is 0.0602. The Morgan fingerprint density at radius 2 is 1.37 bits per heavy atom. The smallest absolute Gasteiger partial charge is 0.375 e. The predicted octanol–water partition coefficient (Wildman–Crippen LogP) is 4.95. The van der Waals surface area contributed by atoms with E-state index >= 15 is 0 Å². The van der Waals surface area contributed by atoms with Crippen molar-refractivity contribution in [1.82, 2.24) is 14.9 Å². The van der Waals surface area contributed by atoms with Gasteiger partial charge in [0.15, 0.2) is 23.0 Å². The number of rotatable bonds is 12. The van der Waals surface area contributed by atoms with E-state index in [9.17, 15) is 33.6 Å². The molecule has 0 spiro atoms. The number of ketones is 1. The molecule has 20 heteroatoms. The second-order valence-electron chi connectivity index (χ2n) is 18.8. The molecule has 0 saturated carbocycles. The van der Waals surface area contributed by atoms with Crippen LogP contribution in [0.2, 0.25) is 0 Å². The highest BCUT2D eigenvalue weighted by Crippen LogP contribution is 2.50. The molecule has 5 aliphatic heterocycles. The van der Waals surface area contributed by atoms with Crippen LogP contribution < -0.4 is 9.47 Å². The molecule has 0 aliphatic carbocycles. The van der Waals surface area contributed by atoms with Gasteiger partial charge in [-0.2, -0.15) is 5.06 Å². The number of ether oxygens (including phenoxy) is 6. The predicted molar refractivity (Wildman–Crippen MR) is 235 cm³/mol. The monoisotopic (exact) mass is 950 g/mol. The van der Waals surface area contributed by atoms with Crippen LogP contribution in [0.1, 0.15) is 96.9 Å². The number of nitrogens with zero attached hydrogens (tertiary/aromatic N) is 4. The fourth-order valence-electron chi connectivity index (χ4n) is 8.19. The fraction of sp³-hybridized carbons (Fsp3) is 0.396. The molecule has 0 bridgehead atoms. The zero-order valence-corrected chi connectivity index (χ0v) is 38.8. The Kier molecular flexibility index (Phi) is 11.3. The summed E-state index contributed by atoms with van der Waals surface area (Å²) >= 11 is 1.22. The van der Waals surface area contributed by atoms with E-state index in [0.29, 0.717) is 26.1 Å². The molecule has 0 radical (unpaired) electrons. The van der Waals surface area contributed by atoms with E-state index in [2.05, 4.69) is 10.1 Å². The molecule has 1 unspecified atom stereocenters. The number of imide groups is 1. The Balaban J connectivity index is 0.970. The second kappa shape index (κ2) is 16.6. The van der Waals surface area contributed by atoms with Crippen LogP contribution >= 0.6 is 11.3 Å². The van der Waals surface area contributed by atoms with Crippen molar-refractivity contribution in [2.45, 2.75) is 95.7 Å². The second-order valence-corrected chi connectivity index (χ2v) is 19.9. The van der Waals surface area contributed by atoms with E-state index < -0.39 is 101 Å². The Labute approximate surface area is 393 Å². The highest BCUT2D eigenvalue weighted by molar-refractivity contribution is 7.09. The number of thiazole rings is 1. The SMILES string of the molecule is Cc1nc(/C(=N/OC2(C(=O)OC(C)(C)C)COC2)C(=O)C[C@H]2CON(C3(C(=O)OC(C)(C)C)C[C@H](N4C(=O)c5cc6c(cc5C4=O)OC(c4ccccc4)(c4ccccc4)O6)C(=O)O3)C2=O)cs1. The van der Waals surface area contributed by atoms with Crippen LogP contribution in [0, 0.1) is 12.8 Å². The van der Waals surface area contributed by atoms with Crippen LogP contribution in [-0.2, 0) is 58.4 Å².